The highest BCUT2D eigenvalue weighted by Crippen LogP contribution is 2.20. The van der Waals surface area contributed by atoms with Crippen molar-refractivity contribution in [2.75, 3.05) is 32.1 Å². The van der Waals surface area contributed by atoms with Crippen LogP contribution in [0.5, 0.6) is 0 Å². The second-order valence-electron chi connectivity index (χ2n) is 5.83. The first-order chi connectivity index (χ1) is 12.5. The summed E-state index contributed by atoms with van der Waals surface area (Å²) in [5, 5.41) is 2.44. The molecule has 0 spiro atoms. The number of esters is 2. The van der Waals surface area contributed by atoms with E-state index in [2.05, 4.69) is 10.1 Å². The van der Waals surface area contributed by atoms with Crippen molar-refractivity contribution in [3.8, 4) is 0 Å². The lowest BCUT2D eigenvalue weighted by Gasteiger charge is -2.31. The number of amides is 2. The number of nitrogens with one attached hydrogen (secondary N) is 1. The van der Waals surface area contributed by atoms with Crippen LogP contribution in [0, 0.1) is 5.92 Å². The molecule has 2 rings (SSSR count). The van der Waals surface area contributed by atoms with Crippen molar-refractivity contribution in [1.82, 2.24) is 4.90 Å². The quantitative estimate of drug-likeness (QED) is 0.638. The summed E-state index contributed by atoms with van der Waals surface area (Å²) in [5.41, 5.74) is 0.343. The Labute approximate surface area is 151 Å². The van der Waals surface area contributed by atoms with E-state index >= 15 is 0 Å². The number of methoxy groups -OCH3 is 1. The van der Waals surface area contributed by atoms with Gasteiger partial charge in [0.05, 0.1) is 30.9 Å². The molecule has 0 radical (unpaired) electrons. The van der Waals surface area contributed by atoms with Crippen LogP contribution in [0.3, 0.4) is 0 Å². The van der Waals surface area contributed by atoms with Gasteiger partial charge in [-0.15, -0.1) is 0 Å². The van der Waals surface area contributed by atoms with Gasteiger partial charge in [0, 0.05) is 13.1 Å². The minimum Gasteiger partial charge on any atom is -0.466 e. The first-order valence-corrected chi connectivity index (χ1v) is 8.42. The Morgan fingerprint density at radius 1 is 1.23 bits per heavy atom. The van der Waals surface area contributed by atoms with E-state index in [0.717, 1.165) is 0 Å². The van der Waals surface area contributed by atoms with Crippen LogP contribution in [0.25, 0.3) is 0 Å². The number of rotatable bonds is 4. The fraction of sp³-hybridized carbons (Fsp3) is 0.444. The Kier molecular flexibility index (Phi) is 6.71. The number of carbonyl (C=O) groups is 4. The van der Waals surface area contributed by atoms with Gasteiger partial charge in [-0.1, -0.05) is 12.1 Å². The number of nitrogens with zero attached hydrogens (tertiary/aromatic N) is 1. The van der Waals surface area contributed by atoms with Crippen LogP contribution in [0.2, 0.25) is 0 Å². The predicted octanol–water partition coefficient (Wildman–Crippen LogP) is 1.21. The number of hydrogen-bond donors (Lipinski definition) is 1. The van der Waals surface area contributed by atoms with Crippen LogP contribution >= 0.6 is 0 Å². The standard InChI is InChI=1S/C18H22N2O6/c1-3-26-17(23)12-7-6-10-20(11-12)16(22)15(21)19-14-9-5-4-8-13(14)18(24)25-2/h4-5,8-9,12H,3,6-7,10-11H2,1-2H3,(H,19,21). The first-order valence-electron chi connectivity index (χ1n) is 8.42. The molecule has 1 fully saturated rings. The third-order valence-corrected chi connectivity index (χ3v) is 4.10. The zero-order chi connectivity index (χ0) is 19.1. The van der Waals surface area contributed by atoms with Crippen LogP contribution < -0.4 is 5.32 Å². The molecule has 8 nitrogen and oxygen atoms in total. The molecular weight excluding hydrogens is 340 g/mol. The minimum atomic E-state index is -0.870. The van der Waals surface area contributed by atoms with Gasteiger partial charge in [0.15, 0.2) is 0 Å². The van der Waals surface area contributed by atoms with Crippen LogP contribution in [0.1, 0.15) is 30.1 Å². The second kappa shape index (κ2) is 8.98. The molecule has 1 aromatic carbocycles. The molecule has 1 heterocycles. The van der Waals surface area contributed by atoms with Gasteiger partial charge in [-0.2, -0.15) is 0 Å². The third kappa shape index (κ3) is 4.59. The number of para-hydroxylation sites is 1. The Morgan fingerprint density at radius 2 is 1.96 bits per heavy atom. The molecule has 0 aliphatic carbocycles. The fourth-order valence-corrected chi connectivity index (χ4v) is 2.81. The van der Waals surface area contributed by atoms with E-state index in [4.69, 9.17) is 4.74 Å². The number of piperidine rings is 1. The molecule has 8 heteroatoms. The van der Waals surface area contributed by atoms with Gasteiger partial charge in [0.1, 0.15) is 0 Å². The summed E-state index contributed by atoms with van der Waals surface area (Å²) in [5.74, 6) is -3.03. The third-order valence-electron chi connectivity index (χ3n) is 4.10. The van der Waals surface area contributed by atoms with Crippen LogP contribution in [-0.4, -0.2) is 55.5 Å². The smallest absolute Gasteiger partial charge is 0.339 e. The number of likely N-dealkylation sites (tertiary alicyclic amines) is 1. The lowest BCUT2D eigenvalue weighted by Crippen LogP contribution is -2.47. The highest BCUT2D eigenvalue weighted by atomic mass is 16.5. The summed E-state index contributed by atoms with van der Waals surface area (Å²) in [4.78, 5) is 49.7. The maximum atomic E-state index is 12.4. The van der Waals surface area contributed by atoms with Crippen molar-refractivity contribution in [2.24, 2.45) is 5.92 Å². The van der Waals surface area contributed by atoms with Gasteiger partial charge in [0.25, 0.3) is 0 Å². The van der Waals surface area contributed by atoms with Gasteiger partial charge in [-0.25, -0.2) is 4.79 Å². The van der Waals surface area contributed by atoms with Crippen molar-refractivity contribution >= 4 is 29.4 Å². The van der Waals surface area contributed by atoms with E-state index in [0.29, 0.717) is 19.4 Å². The van der Waals surface area contributed by atoms with Crippen LogP contribution in [0.4, 0.5) is 5.69 Å². The molecule has 1 aromatic rings. The first kappa shape index (κ1) is 19.4. The van der Waals surface area contributed by atoms with Crippen molar-refractivity contribution < 1.29 is 28.7 Å². The summed E-state index contributed by atoms with van der Waals surface area (Å²) >= 11 is 0. The van der Waals surface area contributed by atoms with E-state index in [1.807, 2.05) is 0 Å². The number of anilines is 1. The molecule has 0 bridgehead atoms. The molecule has 1 unspecified atom stereocenters. The largest absolute Gasteiger partial charge is 0.466 e. The normalized spacial score (nSPS) is 16.5. The van der Waals surface area contributed by atoms with Gasteiger partial charge in [0.2, 0.25) is 0 Å². The lowest BCUT2D eigenvalue weighted by molar-refractivity contribution is -0.153. The maximum Gasteiger partial charge on any atom is 0.339 e. The minimum absolute atomic E-state index is 0.143. The predicted molar refractivity (Wildman–Crippen MR) is 92.3 cm³/mol. The average molecular weight is 362 g/mol. The molecular formula is C18H22N2O6. The Bertz CT molecular complexity index is 703. The molecule has 1 N–H and O–H groups in total. The lowest BCUT2D eigenvalue weighted by atomic mass is 9.98. The Hall–Kier alpha value is -2.90. The van der Waals surface area contributed by atoms with E-state index in [1.54, 1.807) is 19.1 Å². The van der Waals surface area contributed by atoms with Gasteiger partial charge < -0.3 is 19.7 Å². The van der Waals surface area contributed by atoms with Crippen molar-refractivity contribution in [3.63, 3.8) is 0 Å². The Morgan fingerprint density at radius 3 is 2.65 bits per heavy atom. The van der Waals surface area contributed by atoms with E-state index in [1.165, 1.54) is 24.1 Å². The number of hydrogen-bond acceptors (Lipinski definition) is 6. The molecule has 1 aliphatic heterocycles. The second-order valence-corrected chi connectivity index (χ2v) is 5.83. The van der Waals surface area contributed by atoms with Gasteiger partial charge in [-0.3, -0.25) is 14.4 Å². The van der Waals surface area contributed by atoms with Gasteiger partial charge in [-0.05, 0) is 31.9 Å². The summed E-state index contributed by atoms with van der Waals surface area (Å²) in [6.07, 6.45) is 1.23. The SMILES string of the molecule is CCOC(=O)C1CCCN(C(=O)C(=O)Nc2ccccc2C(=O)OC)C1. The molecule has 2 amide bonds. The summed E-state index contributed by atoms with van der Waals surface area (Å²) < 4.78 is 9.65. The number of ether oxygens (including phenoxy) is 2. The zero-order valence-corrected chi connectivity index (χ0v) is 14.8. The summed E-state index contributed by atoms with van der Waals surface area (Å²) in [7, 11) is 1.23. The van der Waals surface area contributed by atoms with Crippen molar-refractivity contribution in [1.29, 1.82) is 0 Å². The number of carbonyl (C=O) groups excluding carboxylic acids is 4. The molecule has 0 aromatic heterocycles. The van der Waals surface area contributed by atoms with E-state index in [-0.39, 0.29) is 30.4 Å². The van der Waals surface area contributed by atoms with Crippen molar-refractivity contribution in [3.05, 3.63) is 29.8 Å². The molecule has 0 saturated carbocycles. The molecule has 1 saturated heterocycles. The molecule has 1 atom stereocenters. The van der Waals surface area contributed by atoms with Crippen molar-refractivity contribution in [2.45, 2.75) is 19.8 Å². The summed E-state index contributed by atoms with van der Waals surface area (Å²) in [6, 6.07) is 6.25. The molecule has 26 heavy (non-hydrogen) atoms. The van der Waals surface area contributed by atoms with E-state index < -0.39 is 23.7 Å². The van der Waals surface area contributed by atoms with Gasteiger partial charge >= 0.3 is 23.8 Å². The van der Waals surface area contributed by atoms with Crippen LogP contribution in [-0.2, 0) is 23.9 Å². The van der Waals surface area contributed by atoms with Crippen LogP contribution in [0.15, 0.2) is 24.3 Å². The fourth-order valence-electron chi connectivity index (χ4n) is 2.81. The monoisotopic (exact) mass is 362 g/mol. The highest BCUT2D eigenvalue weighted by molar-refractivity contribution is 6.39. The molecule has 1 aliphatic rings. The maximum absolute atomic E-state index is 12.4. The number of benzene rings is 1. The Balaban J connectivity index is 2.05. The highest BCUT2D eigenvalue weighted by Gasteiger charge is 2.32. The average Bonchev–Trinajstić information content (AvgIpc) is 2.67. The zero-order valence-electron chi connectivity index (χ0n) is 14.8. The van der Waals surface area contributed by atoms with E-state index in [9.17, 15) is 19.2 Å². The topological polar surface area (TPSA) is 102 Å². The summed E-state index contributed by atoms with van der Waals surface area (Å²) in [6.45, 7) is 2.52. The molecule has 140 valence electrons.